The Morgan fingerprint density at radius 3 is 2.73 bits per heavy atom. The highest BCUT2D eigenvalue weighted by atomic mass is 79.9. The zero-order valence-corrected chi connectivity index (χ0v) is 20.9. The Balaban J connectivity index is 1.63. The van der Waals surface area contributed by atoms with Gasteiger partial charge in [-0.3, -0.25) is 14.6 Å². The number of carbonyl (C=O) groups excluding carboxylic acids is 1. The third-order valence-corrected chi connectivity index (χ3v) is 7.33. The summed E-state index contributed by atoms with van der Waals surface area (Å²) >= 11 is 3.32. The first-order chi connectivity index (χ1) is 15.6. The number of ether oxygens (including phenoxy) is 2. The average molecular weight is 550 g/mol. The lowest BCUT2D eigenvalue weighted by Crippen LogP contribution is -2.62. The van der Waals surface area contributed by atoms with Crippen molar-refractivity contribution in [3.8, 4) is 5.75 Å². The number of nitrogens with zero attached hydrogens (tertiary/aromatic N) is 1. The quantitative estimate of drug-likeness (QED) is 0.202. The predicted octanol–water partition coefficient (Wildman–Crippen LogP) is 1.52. The van der Waals surface area contributed by atoms with Gasteiger partial charge in [0.1, 0.15) is 30.4 Å². The molecule has 1 aromatic carbocycles. The summed E-state index contributed by atoms with van der Waals surface area (Å²) in [6.45, 7) is 3.59. The number of rotatable bonds is 9. The first kappa shape index (κ1) is 26.3. The van der Waals surface area contributed by atoms with E-state index in [4.69, 9.17) is 13.8 Å². The van der Waals surface area contributed by atoms with Crippen molar-refractivity contribution < 1.29 is 38.1 Å². The zero-order valence-electron chi connectivity index (χ0n) is 18.5. The first-order valence-corrected chi connectivity index (χ1v) is 12.7. The Hall–Kier alpha value is -1.34. The van der Waals surface area contributed by atoms with Gasteiger partial charge in [0.2, 0.25) is 0 Å². The van der Waals surface area contributed by atoms with Crippen LogP contribution >= 0.6 is 23.7 Å². The molecule has 0 saturated carbocycles. The zero-order chi connectivity index (χ0) is 24.2. The molecule has 2 heterocycles. The van der Waals surface area contributed by atoms with Crippen LogP contribution in [-0.4, -0.2) is 72.3 Å². The van der Waals surface area contributed by atoms with Crippen molar-refractivity contribution in [1.82, 2.24) is 15.3 Å². The van der Waals surface area contributed by atoms with Gasteiger partial charge in [0, 0.05) is 16.9 Å². The number of nitrogens with one attached hydrogen (secondary N) is 2. The predicted molar refractivity (Wildman–Crippen MR) is 122 cm³/mol. The molecular formula is C20H29BrN3O8P. The van der Waals surface area contributed by atoms with Gasteiger partial charge >= 0.3 is 13.7 Å². The molecule has 13 heteroatoms. The van der Waals surface area contributed by atoms with Crippen molar-refractivity contribution in [3.63, 3.8) is 0 Å². The molecule has 184 valence electrons. The summed E-state index contributed by atoms with van der Waals surface area (Å²) in [6, 6.07) is 5.69. The maximum atomic E-state index is 13.4. The van der Waals surface area contributed by atoms with Gasteiger partial charge in [-0.15, -0.1) is 0 Å². The summed E-state index contributed by atoms with van der Waals surface area (Å²) in [4.78, 5) is 13.5. The lowest BCUT2D eigenvalue weighted by molar-refractivity contribution is -0.180. The Bertz CT molecular complexity index is 889. The lowest BCUT2D eigenvalue weighted by Gasteiger charge is -2.41. The van der Waals surface area contributed by atoms with E-state index in [2.05, 4.69) is 31.1 Å². The lowest BCUT2D eigenvalue weighted by atomic mass is 10.1. The molecule has 2 aliphatic rings. The molecule has 0 aliphatic carbocycles. The molecule has 0 aromatic heterocycles. The van der Waals surface area contributed by atoms with Gasteiger partial charge in [-0.25, -0.2) is 9.46 Å². The minimum absolute atomic E-state index is 0.121. The van der Waals surface area contributed by atoms with Gasteiger partial charge in [-0.2, -0.15) is 5.09 Å². The Morgan fingerprint density at radius 2 is 2.06 bits per heavy atom. The molecule has 3 rings (SSSR count). The number of methoxy groups -OCH3 is 1. The average Bonchev–Trinajstić information content (AvgIpc) is 3.25. The van der Waals surface area contributed by atoms with Crippen LogP contribution in [-0.2, 0) is 23.4 Å². The second-order valence-corrected chi connectivity index (χ2v) is 10.4. The van der Waals surface area contributed by atoms with E-state index in [1.165, 1.54) is 14.0 Å². The molecule has 0 amide bonds. The van der Waals surface area contributed by atoms with Crippen LogP contribution in [0.2, 0.25) is 0 Å². The van der Waals surface area contributed by atoms with E-state index in [9.17, 15) is 19.6 Å². The van der Waals surface area contributed by atoms with E-state index in [-0.39, 0.29) is 18.3 Å². The van der Waals surface area contributed by atoms with Crippen molar-refractivity contribution >= 4 is 29.6 Å². The van der Waals surface area contributed by atoms with Gasteiger partial charge in [0.25, 0.3) is 0 Å². The Labute approximate surface area is 200 Å². The van der Waals surface area contributed by atoms with Gasteiger partial charge in [0.05, 0.1) is 13.7 Å². The van der Waals surface area contributed by atoms with E-state index in [1.54, 1.807) is 41.3 Å². The van der Waals surface area contributed by atoms with Gasteiger partial charge in [-0.1, -0.05) is 28.9 Å². The van der Waals surface area contributed by atoms with E-state index in [0.29, 0.717) is 6.54 Å². The number of esters is 1. The molecule has 0 radical (unpaired) electrons. The monoisotopic (exact) mass is 549 g/mol. The second-order valence-electron chi connectivity index (χ2n) is 7.82. The number of benzene rings is 1. The molecular weight excluding hydrogens is 521 g/mol. The number of carbonyl (C=O) groups is 1. The fourth-order valence-corrected chi connectivity index (χ4v) is 5.09. The smallest absolute Gasteiger partial charge is 0.459 e. The van der Waals surface area contributed by atoms with Crippen LogP contribution in [0.1, 0.15) is 13.8 Å². The van der Waals surface area contributed by atoms with Gasteiger partial charge in [0.15, 0.2) is 6.35 Å². The number of hydrogen-bond acceptors (Lipinski definition) is 10. The molecule has 5 unspecified atom stereocenters. The maximum Gasteiger partial charge on any atom is 0.459 e. The summed E-state index contributed by atoms with van der Waals surface area (Å²) in [5.74, 6) is -0.468. The van der Waals surface area contributed by atoms with Crippen molar-refractivity contribution in [2.45, 2.75) is 44.8 Å². The summed E-state index contributed by atoms with van der Waals surface area (Å²) in [6.07, 6.45) is 0.422. The normalized spacial score (nSPS) is 30.5. The highest BCUT2D eigenvalue weighted by Crippen LogP contribution is 2.45. The van der Waals surface area contributed by atoms with Crippen LogP contribution < -0.4 is 14.9 Å². The van der Waals surface area contributed by atoms with Crippen LogP contribution in [0.4, 0.5) is 0 Å². The molecule has 0 bridgehead atoms. The molecule has 11 nitrogen and oxygen atoms in total. The van der Waals surface area contributed by atoms with Crippen molar-refractivity contribution in [2.75, 3.05) is 20.3 Å². The van der Waals surface area contributed by atoms with E-state index >= 15 is 0 Å². The number of halogens is 1. The van der Waals surface area contributed by atoms with Crippen LogP contribution in [0.5, 0.6) is 5.75 Å². The van der Waals surface area contributed by atoms with Crippen LogP contribution in [0.15, 0.2) is 40.9 Å². The Kier molecular flexibility index (Phi) is 9.07. The van der Waals surface area contributed by atoms with Crippen molar-refractivity contribution in [3.05, 3.63) is 40.9 Å². The van der Waals surface area contributed by atoms with E-state index < -0.39 is 44.7 Å². The molecule has 33 heavy (non-hydrogen) atoms. The number of hydrogen-bond donors (Lipinski definition) is 4. The summed E-state index contributed by atoms with van der Waals surface area (Å²) in [7, 11) is -2.78. The highest BCUT2D eigenvalue weighted by Gasteiger charge is 2.38. The fourth-order valence-electron chi connectivity index (χ4n) is 3.32. The molecule has 2 aliphatic heterocycles. The van der Waals surface area contributed by atoms with Gasteiger partial charge < -0.3 is 24.2 Å². The summed E-state index contributed by atoms with van der Waals surface area (Å²) < 4.78 is 36.0. The van der Waals surface area contributed by atoms with Crippen molar-refractivity contribution in [2.24, 2.45) is 5.92 Å². The summed E-state index contributed by atoms with van der Waals surface area (Å²) in [5, 5.41) is 25.3. The highest BCUT2D eigenvalue weighted by molar-refractivity contribution is 9.10. The number of aliphatic hydroxyl groups excluding tert-OH is 2. The van der Waals surface area contributed by atoms with E-state index in [0.717, 1.165) is 4.47 Å². The molecule has 1 fully saturated rings. The molecule has 7 atom stereocenters. The topological polar surface area (TPSA) is 139 Å². The Morgan fingerprint density at radius 1 is 1.36 bits per heavy atom. The second kappa shape index (κ2) is 11.4. The molecule has 0 spiro atoms. The third-order valence-electron chi connectivity index (χ3n) is 5.16. The largest absolute Gasteiger partial charge is 0.468 e. The van der Waals surface area contributed by atoms with E-state index in [1.807, 2.05) is 6.92 Å². The maximum absolute atomic E-state index is 13.4. The molecule has 4 N–H and O–H groups in total. The SMILES string of the molecule is COC(=O)C(C)NP(=O)(OCC1C=CC(N2CC(C)[C@H](O)N[C@@H]2O)O1)Oc1ccc(Br)cc1. The van der Waals surface area contributed by atoms with Crippen molar-refractivity contribution in [1.29, 1.82) is 0 Å². The standard InChI is InChI=1S/C20H29BrN3O8P/c1-12-10-24(20(27)22-18(12)25)17-9-8-16(31-17)11-30-33(28,23-13(2)19(26)29-3)32-15-6-4-14(21)5-7-15/h4-9,12-13,16-18,20,22,25,27H,10-11H2,1-3H3,(H,23,28)/t12?,13?,16?,17?,18-,20-,33?/m0/s1. The number of aliphatic hydroxyl groups is 2. The fraction of sp³-hybridized carbons (Fsp3) is 0.550. The van der Waals surface area contributed by atoms with Crippen LogP contribution in [0.3, 0.4) is 0 Å². The molecule has 1 aromatic rings. The minimum atomic E-state index is -4.00. The minimum Gasteiger partial charge on any atom is -0.468 e. The van der Waals surface area contributed by atoms with Gasteiger partial charge in [-0.05, 0) is 37.3 Å². The molecule has 1 saturated heterocycles. The third kappa shape index (κ3) is 7.08. The van der Waals surface area contributed by atoms with Crippen LogP contribution in [0, 0.1) is 5.92 Å². The summed E-state index contributed by atoms with van der Waals surface area (Å²) in [5.41, 5.74) is 0. The van der Waals surface area contributed by atoms with Crippen LogP contribution in [0.25, 0.3) is 0 Å². The first-order valence-electron chi connectivity index (χ1n) is 10.4.